The quantitative estimate of drug-likeness (QED) is 0.580. The molecule has 2 aliphatic rings. The van der Waals surface area contributed by atoms with Crippen LogP contribution in [0.3, 0.4) is 0 Å². The topological polar surface area (TPSA) is 0 Å². The molecule has 0 aromatic heterocycles. The first-order valence-electron chi connectivity index (χ1n) is 4.27. The minimum absolute atomic E-state index is 0. The van der Waals surface area contributed by atoms with E-state index in [2.05, 4.69) is 50.3 Å². The van der Waals surface area contributed by atoms with E-state index in [9.17, 15) is 0 Å². The Hall–Kier alpha value is -0.157. The summed E-state index contributed by atoms with van der Waals surface area (Å²) in [5.41, 5.74) is 2.55. The SMILES string of the molecule is CC1=[C-]CC=C1.CC1=[C-]CC=C1.[CH3-].[CH3-].[Zr+4]. The molecule has 0 spiro atoms. The monoisotopic (exact) mass is 278 g/mol. The Balaban J connectivity index is -0.000000160. The number of allylic oxidation sites excluding steroid dienone is 8. The molecule has 0 unspecified atom stereocenters. The normalized spacial score (nSPS) is 14.8. The summed E-state index contributed by atoms with van der Waals surface area (Å²) < 4.78 is 0. The van der Waals surface area contributed by atoms with Crippen LogP contribution >= 0.6 is 0 Å². The first-order valence-corrected chi connectivity index (χ1v) is 4.27. The second-order valence-corrected chi connectivity index (χ2v) is 2.93. The standard InChI is InChI=1S/2C6H7.2CH3.Zr/c2*1-6-4-2-3-5-6;;;/h2*2,4H,3H2,1H3;2*1H3;/q4*-1;+4. The van der Waals surface area contributed by atoms with E-state index in [-0.39, 0.29) is 41.1 Å². The number of rotatable bonds is 0. The van der Waals surface area contributed by atoms with Gasteiger partial charge in [-0.1, -0.05) is 13.8 Å². The van der Waals surface area contributed by atoms with Gasteiger partial charge in [0.25, 0.3) is 0 Å². The van der Waals surface area contributed by atoms with Gasteiger partial charge in [0, 0.05) is 0 Å². The van der Waals surface area contributed by atoms with Crippen LogP contribution in [0.25, 0.3) is 0 Å². The zero-order valence-corrected chi connectivity index (χ0v) is 12.7. The van der Waals surface area contributed by atoms with Gasteiger partial charge in [-0.25, -0.2) is 23.3 Å². The van der Waals surface area contributed by atoms with E-state index in [1.54, 1.807) is 0 Å². The van der Waals surface area contributed by atoms with Crippen LogP contribution in [0.4, 0.5) is 0 Å². The zero-order valence-electron chi connectivity index (χ0n) is 10.2. The molecule has 0 radical (unpaired) electrons. The van der Waals surface area contributed by atoms with Crippen molar-refractivity contribution in [3.8, 4) is 0 Å². The van der Waals surface area contributed by atoms with Crippen molar-refractivity contribution in [2.45, 2.75) is 26.7 Å². The third kappa shape index (κ3) is 10.1. The summed E-state index contributed by atoms with van der Waals surface area (Å²) in [7, 11) is 0. The summed E-state index contributed by atoms with van der Waals surface area (Å²) in [6.07, 6.45) is 16.7. The first-order chi connectivity index (χ1) is 5.79. The van der Waals surface area contributed by atoms with E-state index in [0.717, 1.165) is 12.8 Å². The maximum absolute atomic E-state index is 3.12. The molecule has 0 fully saturated rings. The first kappa shape index (κ1) is 20.3. The van der Waals surface area contributed by atoms with Gasteiger partial charge in [-0.3, -0.25) is 12.2 Å². The number of hydrogen-bond donors (Lipinski definition) is 0. The summed E-state index contributed by atoms with van der Waals surface area (Å²) in [4.78, 5) is 0. The Labute approximate surface area is 115 Å². The molecule has 0 saturated heterocycles. The maximum Gasteiger partial charge on any atom is 4.00 e. The molecule has 0 nitrogen and oxygen atoms in total. The van der Waals surface area contributed by atoms with Gasteiger partial charge in [-0.05, 0) is 0 Å². The van der Waals surface area contributed by atoms with Crippen molar-refractivity contribution in [1.82, 2.24) is 0 Å². The van der Waals surface area contributed by atoms with Crippen LogP contribution < -0.4 is 0 Å². The summed E-state index contributed by atoms with van der Waals surface area (Å²) in [6.45, 7) is 4.12. The molecule has 2 rings (SSSR count). The molecule has 0 aromatic rings. The molecule has 2 aliphatic carbocycles. The van der Waals surface area contributed by atoms with Crippen molar-refractivity contribution in [2.24, 2.45) is 0 Å². The second-order valence-electron chi connectivity index (χ2n) is 2.93. The third-order valence-electron chi connectivity index (χ3n) is 1.73. The van der Waals surface area contributed by atoms with E-state index < -0.39 is 0 Å². The summed E-state index contributed by atoms with van der Waals surface area (Å²) in [5, 5.41) is 0. The van der Waals surface area contributed by atoms with Crippen molar-refractivity contribution in [2.75, 3.05) is 0 Å². The van der Waals surface area contributed by atoms with E-state index in [4.69, 9.17) is 0 Å². The van der Waals surface area contributed by atoms with Gasteiger partial charge in [0.05, 0.1) is 0 Å². The second kappa shape index (κ2) is 11.9. The summed E-state index contributed by atoms with van der Waals surface area (Å²) in [5.74, 6) is 0. The molecule has 0 aliphatic heterocycles. The predicted molar refractivity (Wildman–Crippen MR) is 65.2 cm³/mol. The van der Waals surface area contributed by atoms with E-state index in [1.165, 1.54) is 11.1 Å². The number of hydrogen-bond acceptors (Lipinski definition) is 0. The van der Waals surface area contributed by atoms with Crippen molar-refractivity contribution in [3.05, 3.63) is 62.5 Å². The molecular formula is C14H20Zr. The van der Waals surface area contributed by atoms with Crippen LogP contribution in [0.1, 0.15) is 26.7 Å². The van der Waals surface area contributed by atoms with Crippen molar-refractivity contribution >= 4 is 0 Å². The molecule has 0 saturated carbocycles. The molecule has 80 valence electrons. The van der Waals surface area contributed by atoms with Gasteiger partial charge in [0.2, 0.25) is 0 Å². The average Bonchev–Trinajstić information content (AvgIpc) is 2.63. The van der Waals surface area contributed by atoms with Crippen LogP contribution in [-0.2, 0) is 26.2 Å². The molecule has 0 N–H and O–H groups in total. The Morgan fingerprint density at radius 2 is 1.20 bits per heavy atom. The zero-order chi connectivity index (χ0) is 8.81. The molecule has 1 heteroatoms. The van der Waals surface area contributed by atoms with Gasteiger partial charge < -0.3 is 14.9 Å². The van der Waals surface area contributed by atoms with Crippen molar-refractivity contribution in [1.29, 1.82) is 0 Å². The fourth-order valence-electron chi connectivity index (χ4n) is 1.03. The van der Waals surface area contributed by atoms with Crippen LogP contribution in [0.2, 0.25) is 0 Å². The van der Waals surface area contributed by atoms with Crippen LogP contribution in [0.5, 0.6) is 0 Å². The minimum atomic E-state index is 0. The van der Waals surface area contributed by atoms with Crippen LogP contribution in [-0.4, -0.2) is 0 Å². The molecular weight excluding hydrogens is 259 g/mol. The predicted octanol–water partition coefficient (Wildman–Crippen LogP) is 4.29. The largest absolute Gasteiger partial charge is 4.00 e. The molecule has 0 amide bonds. The Bertz CT molecular complexity index is 221. The third-order valence-corrected chi connectivity index (χ3v) is 1.73. The van der Waals surface area contributed by atoms with Crippen molar-refractivity contribution in [3.63, 3.8) is 0 Å². The maximum atomic E-state index is 3.12. The molecule has 0 aromatic carbocycles. The fraction of sp³-hybridized carbons (Fsp3) is 0.286. The molecule has 0 bridgehead atoms. The van der Waals surface area contributed by atoms with Gasteiger partial charge in [-0.15, -0.1) is 12.8 Å². The Kier molecular flexibility index (Phi) is 16.1. The Morgan fingerprint density at radius 1 is 0.867 bits per heavy atom. The summed E-state index contributed by atoms with van der Waals surface area (Å²) >= 11 is 0. The smallest absolute Gasteiger partial charge is 0.358 e. The van der Waals surface area contributed by atoms with Crippen LogP contribution in [0.15, 0.2) is 35.5 Å². The molecule has 0 atom stereocenters. The fourth-order valence-corrected chi connectivity index (χ4v) is 1.03. The average molecular weight is 280 g/mol. The van der Waals surface area contributed by atoms with Gasteiger partial charge in [0.15, 0.2) is 0 Å². The van der Waals surface area contributed by atoms with E-state index in [0.29, 0.717) is 0 Å². The summed E-state index contributed by atoms with van der Waals surface area (Å²) in [6, 6.07) is 0. The minimum Gasteiger partial charge on any atom is -0.358 e. The van der Waals surface area contributed by atoms with Crippen LogP contribution in [0, 0.1) is 27.0 Å². The van der Waals surface area contributed by atoms with E-state index in [1.807, 2.05) is 0 Å². The van der Waals surface area contributed by atoms with E-state index >= 15 is 0 Å². The van der Waals surface area contributed by atoms with Gasteiger partial charge >= 0.3 is 26.2 Å². The Morgan fingerprint density at radius 3 is 1.27 bits per heavy atom. The molecule has 15 heavy (non-hydrogen) atoms. The molecule has 0 heterocycles. The van der Waals surface area contributed by atoms with Gasteiger partial charge in [0.1, 0.15) is 0 Å². The van der Waals surface area contributed by atoms with Crippen molar-refractivity contribution < 1.29 is 26.2 Å². The van der Waals surface area contributed by atoms with Gasteiger partial charge in [-0.2, -0.15) is 12.2 Å².